The highest BCUT2D eigenvalue weighted by atomic mass is 32.2. The van der Waals surface area contributed by atoms with E-state index in [9.17, 15) is 9.90 Å². The summed E-state index contributed by atoms with van der Waals surface area (Å²) >= 11 is 0. The van der Waals surface area contributed by atoms with Crippen LogP contribution in [0.5, 0.6) is 0 Å². The van der Waals surface area contributed by atoms with Crippen molar-refractivity contribution in [3.8, 4) is 0 Å². The lowest BCUT2D eigenvalue weighted by Gasteiger charge is -2.07. The minimum absolute atomic E-state index is 0.0146. The first-order chi connectivity index (χ1) is 15.2. The standard InChI is InChI=1S/C18H15S.C9H7NO2/c1-4-10-16(11-5-1)19(17-12-6-2-7-13-17)18-14-8-3-9-15-18;11-9(12)8-5-6-3-1-2-4-7(6)10-8/h1-15H;1-5,10H,(H,11,12)/q+1;/p-1. The number of hydrogen-bond acceptors (Lipinski definition) is 2. The summed E-state index contributed by atoms with van der Waals surface area (Å²) in [6.07, 6.45) is 0. The molecule has 4 aromatic carbocycles. The average Bonchev–Trinajstić information content (AvgIpc) is 3.27. The molecule has 0 saturated carbocycles. The first-order valence-corrected chi connectivity index (χ1v) is 11.1. The first kappa shape index (κ1) is 20.5. The molecule has 0 saturated heterocycles. The fourth-order valence-corrected chi connectivity index (χ4v) is 5.37. The van der Waals surface area contributed by atoms with E-state index in [-0.39, 0.29) is 16.6 Å². The van der Waals surface area contributed by atoms with Crippen molar-refractivity contribution in [3.05, 3.63) is 127 Å². The van der Waals surface area contributed by atoms with Gasteiger partial charge in [0, 0.05) is 10.9 Å². The minimum atomic E-state index is -1.17. The zero-order valence-corrected chi connectivity index (χ0v) is 17.6. The smallest absolute Gasteiger partial charge is 0.166 e. The zero-order valence-electron chi connectivity index (χ0n) is 16.8. The van der Waals surface area contributed by atoms with E-state index < -0.39 is 5.97 Å². The second-order valence-corrected chi connectivity index (χ2v) is 8.83. The van der Waals surface area contributed by atoms with Crippen LogP contribution in [0.1, 0.15) is 10.5 Å². The predicted octanol–water partition coefficient (Wildman–Crippen LogP) is 5.31. The maximum atomic E-state index is 10.4. The lowest BCUT2D eigenvalue weighted by Crippen LogP contribution is -2.22. The van der Waals surface area contributed by atoms with E-state index >= 15 is 0 Å². The summed E-state index contributed by atoms with van der Waals surface area (Å²) in [6, 6.07) is 41.1. The Morgan fingerprint density at radius 2 is 1.03 bits per heavy atom. The van der Waals surface area contributed by atoms with Gasteiger partial charge in [0.15, 0.2) is 14.7 Å². The Bertz CT molecular complexity index is 1120. The summed E-state index contributed by atoms with van der Waals surface area (Å²) in [5, 5.41) is 11.3. The van der Waals surface area contributed by atoms with Gasteiger partial charge in [-0.15, -0.1) is 0 Å². The monoisotopic (exact) mass is 423 g/mol. The van der Waals surface area contributed by atoms with Gasteiger partial charge in [0.1, 0.15) is 0 Å². The van der Waals surface area contributed by atoms with Crippen molar-refractivity contribution in [3.63, 3.8) is 0 Å². The van der Waals surface area contributed by atoms with Gasteiger partial charge in [-0.3, -0.25) is 0 Å². The van der Waals surface area contributed by atoms with Crippen molar-refractivity contribution in [2.24, 2.45) is 0 Å². The number of fused-ring (bicyclic) bond motifs is 1. The van der Waals surface area contributed by atoms with Gasteiger partial charge in [-0.25, -0.2) is 0 Å². The van der Waals surface area contributed by atoms with Crippen LogP contribution >= 0.6 is 0 Å². The van der Waals surface area contributed by atoms with E-state index in [0.717, 1.165) is 10.9 Å². The van der Waals surface area contributed by atoms with Gasteiger partial charge in [-0.05, 0) is 48.5 Å². The average molecular weight is 424 g/mol. The van der Waals surface area contributed by atoms with E-state index in [1.54, 1.807) is 6.07 Å². The van der Waals surface area contributed by atoms with Gasteiger partial charge in [0.25, 0.3) is 0 Å². The van der Waals surface area contributed by atoms with Crippen molar-refractivity contribution in [2.75, 3.05) is 0 Å². The van der Waals surface area contributed by atoms with E-state index in [4.69, 9.17) is 0 Å². The summed E-state index contributed by atoms with van der Waals surface area (Å²) < 4.78 is 0. The van der Waals surface area contributed by atoms with Crippen LogP contribution in [0.4, 0.5) is 0 Å². The maximum Gasteiger partial charge on any atom is 0.166 e. The van der Waals surface area contributed by atoms with E-state index in [2.05, 4.69) is 96.0 Å². The molecule has 0 bridgehead atoms. The molecular weight excluding hydrogens is 402 g/mol. The van der Waals surface area contributed by atoms with Crippen molar-refractivity contribution in [1.29, 1.82) is 0 Å². The van der Waals surface area contributed by atoms with E-state index in [0.29, 0.717) is 0 Å². The number of carbonyl (C=O) groups excluding carboxylic acids is 1. The van der Waals surface area contributed by atoms with Crippen molar-refractivity contribution in [2.45, 2.75) is 14.7 Å². The zero-order chi connectivity index (χ0) is 21.5. The van der Waals surface area contributed by atoms with Gasteiger partial charge in [-0.2, -0.15) is 0 Å². The van der Waals surface area contributed by atoms with Gasteiger partial charge >= 0.3 is 0 Å². The number of aromatic carboxylic acids is 1. The molecule has 0 spiro atoms. The van der Waals surface area contributed by atoms with Crippen LogP contribution in [-0.4, -0.2) is 11.0 Å². The molecule has 0 aliphatic carbocycles. The molecule has 0 aliphatic rings. The van der Waals surface area contributed by atoms with E-state index in [1.807, 2.05) is 24.3 Å². The highest BCUT2D eigenvalue weighted by Crippen LogP contribution is 2.30. The SMILES string of the molecule is O=C([O-])c1cc2ccccc2[nH]1.c1ccc([S+](c2ccccc2)c2ccccc2)cc1. The number of carboxylic acids is 1. The number of hydrogen-bond donors (Lipinski definition) is 1. The molecule has 152 valence electrons. The minimum Gasteiger partial charge on any atom is -0.543 e. The van der Waals surface area contributed by atoms with Gasteiger partial charge in [-0.1, -0.05) is 72.8 Å². The third-order valence-corrected chi connectivity index (χ3v) is 6.92. The number of carbonyl (C=O) groups is 1. The van der Waals surface area contributed by atoms with Gasteiger partial charge < -0.3 is 14.9 Å². The van der Waals surface area contributed by atoms with Crippen LogP contribution < -0.4 is 5.11 Å². The molecule has 0 amide bonds. The second-order valence-electron chi connectivity index (χ2n) is 6.80. The predicted molar refractivity (Wildman–Crippen MR) is 124 cm³/mol. The number of rotatable bonds is 4. The Balaban J connectivity index is 0.000000166. The molecule has 1 heterocycles. The Hall–Kier alpha value is -3.76. The Morgan fingerprint density at radius 3 is 1.45 bits per heavy atom. The van der Waals surface area contributed by atoms with Crippen molar-refractivity contribution in [1.82, 2.24) is 4.98 Å². The second kappa shape index (κ2) is 9.83. The molecule has 4 heteroatoms. The molecule has 1 N–H and O–H groups in total. The van der Waals surface area contributed by atoms with Gasteiger partial charge in [0.05, 0.1) is 22.6 Å². The van der Waals surface area contributed by atoms with Crippen LogP contribution in [0.3, 0.4) is 0 Å². The van der Waals surface area contributed by atoms with Crippen LogP contribution in [0.15, 0.2) is 136 Å². The molecule has 0 unspecified atom stereocenters. The normalized spacial score (nSPS) is 10.5. The quantitative estimate of drug-likeness (QED) is 0.398. The fourth-order valence-electron chi connectivity index (χ4n) is 3.26. The lowest BCUT2D eigenvalue weighted by molar-refractivity contribution is -0.255. The maximum absolute atomic E-state index is 10.4. The summed E-state index contributed by atoms with van der Waals surface area (Å²) in [5.74, 6) is -1.17. The third-order valence-electron chi connectivity index (χ3n) is 4.69. The molecule has 5 rings (SSSR count). The molecule has 0 aliphatic heterocycles. The molecule has 3 nitrogen and oxygen atoms in total. The van der Waals surface area contributed by atoms with Crippen LogP contribution in [0.2, 0.25) is 0 Å². The number of aromatic amines is 1. The fraction of sp³-hybridized carbons (Fsp3) is 0. The van der Waals surface area contributed by atoms with Gasteiger partial charge in [0.2, 0.25) is 0 Å². The molecule has 1 aromatic heterocycles. The third kappa shape index (κ3) is 5.05. The number of aromatic nitrogens is 1. The number of carboxylic acid groups (broad SMARTS) is 1. The number of nitrogens with one attached hydrogen (secondary N) is 1. The largest absolute Gasteiger partial charge is 0.543 e. The Labute approximate surface area is 184 Å². The Morgan fingerprint density at radius 1 is 0.613 bits per heavy atom. The number of benzene rings is 4. The molecule has 5 aromatic rings. The summed E-state index contributed by atoms with van der Waals surface area (Å²) in [7, 11) is -0.0146. The number of para-hydroxylation sites is 1. The molecule has 0 fully saturated rings. The summed E-state index contributed by atoms with van der Waals surface area (Å²) in [5.41, 5.74) is 0.938. The summed E-state index contributed by atoms with van der Waals surface area (Å²) in [4.78, 5) is 17.2. The molecule has 0 atom stereocenters. The van der Waals surface area contributed by atoms with Crippen LogP contribution in [0.25, 0.3) is 10.9 Å². The van der Waals surface area contributed by atoms with Crippen LogP contribution in [0, 0.1) is 0 Å². The number of H-pyrrole nitrogens is 1. The molecular formula is C27H21NO2S. The topological polar surface area (TPSA) is 55.9 Å². The highest BCUT2D eigenvalue weighted by molar-refractivity contribution is 7.97. The van der Waals surface area contributed by atoms with E-state index in [1.165, 1.54) is 14.7 Å². The lowest BCUT2D eigenvalue weighted by atomic mass is 10.2. The van der Waals surface area contributed by atoms with Crippen molar-refractivity contribution >= 4 is 27.8 Å². The van der Waals surface area contributed by atoms with Crippen molar-refractivity contribution < 1.29 is 9.90 Å². The highest BCUT2D eigenvalue weighted by Gasteiger charge is 2.27. The Kier molecular flexibility index (Phi) is 6.50. The summed E-state index contributed by atoms with van der Waals surface area (Å²) in [6.45, 7) is 0. The first-order valence-electron chi connectivity index (χ1n) is 9.91. The van der Waals surface area contributed by atoms with Crippen LogP contribution in [-0.2, 0) is 10.9 Å². The molecule has 0 radical (unpaired) electrons. The molecule has 31 heavy (non-hydrogen) atoms.